The quantitative estimate of drug-likeness (QED) is 0.728. The normalized spacial score (nSPS) is 10.7. The van der Waals surface area contributed by atoms with E-state index < -0.39 is 11.9 Å². The van der Waals surface area contributed by atoms with Crippen molar-refractivity contribution in [2.75, 3.05) is 0 Å². The second kappa shape index (κ2) is 6.67. The lowest BCUT2D eigenvalue weighted by Crippen LogP contribution is -2.27. The number of nitrogens with one attached hydrogen (secondary N) is 2. The molecule has 0 fully saturated rings. The van der Waals surface area contributed by atoms with Gasteiger partial charge < -0.3 is 15.4 Å². The molecule has 0 saturated heterocycles. The zero-order valence-corrected chi connectivity index (χ0v) is 11.6. The third-order valence-corrected chi connectivity index (χ3v) is 3.60. The van der Waals surface area contributed by atoms with Crippen LogP contribution < -0.4 is 10.7 Å². The van der Waals surface area contributed by atoms with Gasteiger partial charge >= 0.3 is 5.97 Å². The predicted molar refractivity (Wildman–Crippen MR) is 79.2 cm³/mol. The zero-order chi connectivity index (χ0) is 15.2. The summed E-state index contributed by atoms with van der Waals surface area (Å²) in [6.45, 7) is 0.226. The van der Waals surface area contributed by atoms with Gasteiger partial charge in [0.15, 0.2) is 5.43 Å². The van der Waals surface area contributed by atoms with Gasteiger partial charge in [0.2, 0.25) is 0 Å². The van der Waals surface area contributed by atoms with Gasteiger partial charge in [0, 0.05) is 29.4 Å². The lowest BCUT2D eigenvalue weighted by atomic mass is 10.2. The number of rotatable bonds is 5. The van der Waals surface area contributed by atoms with E-state index in [1.807, 2.05) is 0 Å². The Morgan fingerprint density at radius 2 is 2.19 bits per heavy atom. The van der Waals surface area contributed by atoms with Gasteiger partial charge in [0.05, 0.1) is 6.54 Å². The fourth-order valence-electron chi connectivity index (χ4n) is 1.65. The minimum Gasteiger partial charge on any atom is -0.478 e. The van der Waals surface area contributed by atoms with Gasteiger partial charge in [0.1, 0.15) is 5.56 Å². The van der Waals surface area contributed by atoms with Crippen LogP contribution in [0.1, 0.15) is 20.8 Å². The van der Waals surface area contributed by atoms with Crippen molar-refractivity contribution in [2.24, 2.45) is 0 Å². The number of pyridine rings is 1. The van der Waals surface area contributed by atoms with Crippen molar-refractivity contribution < 1.29 is 14.7 Å². The number of aromatic amines is 1. The molecule has 2 rings (SSSR count). The van der Waals surface area contributed by atoms with Gasteiger partial charge in [-0.15, -0.1) is 11.3 Å². The average molecular weight is 304 g/mol. The number of amides is 1. The van der Waals surface area contributed by atoms with E-state index in [9.17, 15) is 14.4 Å². The molecule has 3 N–H and O–H groups in total. The Morgan fingerprint density at radius 1 is 1.38 bits per heavy atom. The third kappa shape index (κ3) is 3.90. The SMILES string of the molecule is O=C(O)/C=C/c1ccsc1CNC(=O)c1c[nH]ccc1=O. The molecule has 6 nitrogen and oxygen atoms in total. The van der Waals surface area contributed by atoms with Crippen molar-refractivity contribution in [3.8, 4) is 0 Å². The molecule has 21 heavy (non-hydrogen) atoms. The molecule has 0 aromatic carbocycles. The molecule has 0 radical (unpaired) electrons. The molecule has 0 bridgehead atoms. The smallest absolute Gasteiger partial charge is 0.328 e. The van der Waals surface area contributed by atoms with Crippen LogP contribution in [0.5, 0.6) is 0 Å². The standard InChI is InChI=1S/C14H12N2O4S/c17-11-3-5-15-7-10(11)14(20)16-8-12-9(4-6-21-12)1-2-13(18)19/h1-7H,8H2,(H,15,17)(H,16,20)(H,18,19)/b2-1+. The summed E-state index contributed by atoms with van der Waals surface area (Å²) in [5.74, 6) is -1.51. The van der Waals surface area contributed by atoms with Crippen LogP contribution in [0, 0.1) is 0 Å². The summed E-state index contributed by atoms with van der Waals surface area (Å²) in [7, 11) is 0. The number of hydrogen-bond donors (Lipinski definition) is 3. The molecular formula is C14H12N2O4S. The van der Waals surface area contributed by atoms with E-state index in [0.29, 0.717) is 0 Å². The summed E-state index contributed by atoms with van der Waals surface area (Å²) in [4.78, 5) is 37.4. The van der Waals surface area contributed by atoms with E-state index in [-0.39, 0.29) is 17.5 Å². The Morgan fingerprint density at radius 3 is 2.90 bits per heavy atom. The van der Waals surface area contributed by atoms with Gasteiger partial charge in [0.25, 0.3) is 5.91 Å². The van der Waals surface area contributed by atoms with Crippen LogP contribution in [0.15, 0.2) is 40.8 Å². The Balaban J connectivity index is 2.06. The Hall–Kier alpha value is -2.67. The fourth-order valence-corrected chi connectivity index (χ4v) is 2.46. The van der Waals surface area contributed by atoms with Crippen molar-refractivity contribution in [3.63, 3.8) is 0 Å². The molecule has 0 saturated carbocycles. The molecule has 0 atom stereocenters. The molecular weight excluding hydrogens is 292 g/mol. The number of aromatic nitrogens is 1. The van der Waals surface area contributed by atoms with Gasteiger partial charge in [-0.05, 0) is 23.1 Å². The maximum absolute atomic E-state index is 11.9. The van der Waals surface area contributed by atoms with Gasteiger partial charge in [-0.25, -0.2) is 4.79 Å². The monoisotopic (exact) mass is 304 g/mol. The minimum atomic E-state index is -1.04. The Bertz CT molecular complexity index is 745. The predicted octanol–water partition coefficient (Wildman–Crippen LogP) is 1.46. The molecule has 7 heteroatoms. The zero-order valence-electron chi connectivity index (χ0n) is 10.8. The first-order valence-corrected chi connectivity index (χ1v) is 6.88. The first-order chi connectivity index (χ1) is 10.1. The first kappa shape index (κ1) is 14.7. The summed E-state index contributed by atoms with van der Waals surface area (Å²) < 4.78 is 0. The van der Waals surface area contributed by atoms with E-state index in [4.69, 9.17) is 5.11 Å². The van der Waals surface area contributed by atoms with Crippen LogP contribution in [-0.2, 0) is 11.3 Å². The van der Waals surface area contributed by atoms with Gasteiger partial charge in [-0.2, -0.15) is 0 Å². The lowest BCUT2D eigenvalue weighted by Gasteiger charge is -2.04. The number of H-pyrrole nitrogens is 1. The summed E-state index contributed by atoms with van der Waals surface area (Å²) in [5, 5.41) is 13.1. The molecule has 0 aliphatic rings. The van der Waals surface area contributed by atoms with Crippen LogP contribution >= 0.6 is 11.3 Å². The van der Waals surface area contributed by atoms with Crippen LogP contribution in [0.25, 0.3) is 6.08 Å². The molecule has 0 spiro atoms. The van der Waals surface area contributed by atoms with Crippen LogP contribution in [0.3, 0.4) is 0 Å². The summed E-state index contributed by atoms with van der Waals surface area (Å²) in [5.41, 5.74) is 0.407. The first-order valence-electron chi connectivity index (χ1n) is 6.00. The Kier molecular flexibility index (Phi) is 4.68. The van der Waals surface area contributed by atoms with Crippen molar-refractivity contribution in [2.45, 2.75) is 6.54 Å². The molecule has 1 amide bonds. The molecule has 0 aliphatic carbocycles. The number of hydrogen-bond acceptors (Lipinski definition) is 4. The van der Waals surface area contributed by atoms with Crippen LogP contribution in [0.2, 0.25) is 0 Å². The third-order valence-electron chi connectivity index (χ3n) is 2.66. The second-order valence-electron chi connectivity index (χ2n) is 4.08. The highest BCUT2D eigenvalue weighted by atomic mass is 32.1. The van der Waals surface area contributed by atoms with E-state index in [0.717, 1.165) is 16.5 Å². The lowest BCUT2D eigenvalue weighted by molar-refractivity contribution is -0.131. The van der Waals surface area contributed by atoms with Crippen molar-refractivity contribution >= 4 is 29.3 Å². The topological polar surface area (TPSA) is 99.3 Å². The summed E-state index contributed by atoms with van der Waals surface area (Å²) in [6, 6.07) is 3.04. The number of carboxylic acid groups (broad SMARTS) is 1. The molecule has 2 aromatic heterocycles. The molecule has 108 valence electrons. The van der Waals surface area contributed by atoms with E-state index in [1.54, 1.807) is 11.4 Å². The van der Waals surface area contributed by atoms with Gasteiger partial charge in [-0.3, -0.25) is 9.59 Å². The average Bonchev–Trinajstić information content (AvgIpc) is 2.90. The number of carbonyl (C=O) groups excluding carboxylic acids is 1. The van der Waals surface area contributed by atoms with E-state index in [2.05, 4.69) is 10.3 Å². The van der Waals surface area contributed by atoms with Gasteiger partial charge in [-0.1, -0.05) is 0 Å². The fraction of sp³-hybridized carbons (Fsp3) is 0.0714. The number of carbonyl (C=O) groups is 2. The molecule has 0 unspecified atom stereocenters. The largest absolute Gasteiger partial charge is 0.478 e. The number of aliphatic carboxylic acids is 1. The van der Waals surface area contributed by atoms with Crippen LogP contribution in [-0.4, -0.2) is 22.0 Å². The summed E-state index contributed by atoms with van der Waals surface area (Å²) >= 11 is 1.40. The highest BCUT2D eigenvalue weighted by Gasteiger charge is 2.10. The molecule has 0 aliphatic heterocycles. The van der Waals surface area contributed by atoms with E-state index >= 15 is 0 Å². The number of thiophene rings is 1. The molecule has 2 aromatic rings. The highest BCUT2D eigenvalue weighted by Crippen LogP contribution is 2.18. The highest BCUT2D eigenvalue weighted by molar-refractivity contribution is 7.10. The Labute approximate surface area is 123 Å². The number of carboxylic acids is 1. The van der Waals surface area contributed by atoms with Crippen molar-refractivity contribution in [1.29, 1.82) is 0 Å². The van der Waals surface area contributed by atoms with Crippen molar-refractivity contribution in [1.82, 2.24) is 10.3 Å². The van der Waals surface area contributed by atoms with E-state index in [1.165, 1.54) is 35.9 Å². The maximum atomic E-state index is 11.9. The van der Waals surface area contributed by atoms with Crippen molar-refractivity contribution in [3.05, 3.63) is 62.2 Å². The second-order valence-corrected chi connectivity index (χ2v) is 5.08. The van der Waals surface area contributed by atoms with Crippen LogP contribution in [0.4, 0.5) is 0 Å². The molecule has 2 heterocycles. The summed E-state index contributed by atoms with van der Waals surface area (Å²) in [6.07, 6.45) is 5.30. The maximum Gasteiger partial charge on any atom is 0.328 e. The minimum absolute atomic E-state index is 0.0386.